The molecule has 0 aliphatic rings. The molecule has 5 nitrogen and oxygen atoms in total. The largest absolute Gasteiger partial charge is 0.389 e. The first-order valence-electron chi connectivity index (χ1n) is 6.11. The molecule has 2 aromatic rings. The van der Waals surface area contributed by atoms with Crippen LogP contribution in [0, 0.1) is 0 Å². The van der Waals surface area contributed by atoms with Crippen molar-refractivity contribution >= 4 is 22.9 Å². The van der Waals surface area contributed by atoms with Crippen molar-refractivity contribution in [2.75, 3.05) is 5.32 Å². The molecule has 6 heteroatoms. The molecule has 0 fully saturated rings. The average Bonchev–Trinajstić information content (AvgIpc) is 2.77. The van der Waals surface area contributed by atoms with E-state index < -0.39 is 0 Å². The minimum atomic E-state index is 0.367. The molecule has 0 aliphatic heterocycles. The number of hydrogen-bond donors (Lipinski definition) is 2. The third kappa shape index (κ3) is 3.08. The maximum Gasteiger partial charge on any atom is 0.106 e. The van der Waals surface area contributed by atoms with E-state index in [0.717, 1.165) is 23.4 Å². The maximum absolute atomic E-state index is 5.69. The lowest BCUT2D eigenvalue weighted by molar-refractivity contribution is 0.746. The zero-order valence-electron chi connectivity index (χ0n) is 11.1. The number of nitrogens with one attached hydrogen (secondary N) is 1. The molecule has 0 atom stereocenters. The molecule has 2 heterocycles. The minimum absolute atomic E-state index is 0.367. The van der Waals surface area contributed by atoms with Gasteiger partial charge in [-0.1, -0.05) is 19.1 Å². The van der Waals surface area contributed by atoms with E-state index in [1.165, 1.54) is 5.56 Å². The van der Waals surface area contributed by atoms with Gasteiger partial charge in [0, 0.05) is 37.1 Å². The van der Waals surface area contributed by atoms with Crippen molar-refractivity contribution < 1.29 is 0 Å². The molecule has 0 aliphatic carbocycles. The molecule has 19 heavy (non-hydrogen) atoms. The van der Waals surface area contributed by atoms with E-state index in [0.29, 0.717) is 11.5 Å². The van der Waals surface area contributed by atoms with Crippen LogP contribution in [0.2, 0.25) is 0 Å². The van der Waals surface area contributed by atoms with Gasteiger partial charge in [0.05, 0.1) is 17.6 Å². The van der Waals surface area contributed by atoms with Gasteiger partial charge in [0.2, 0.25) is 0 Å². The Hall–Kier alpha value is -1.95. The highest BCUT2D eigenvalue weighted by Crippen LogP contribution is 2.16. The number of thiocarbonyl (C=S) groups is 1. The Balaban J connectivity index is 2.16. The smallest absolute Gasteiger partial charge is 0.106 e. The first kappa shape index (κ1) is 13.5. The molecule has 0 amide bonds. The van der Waals surface area contributed by atoms with Gasteiger partial charge in [-0.25, -0.2) is 0 Å². The van der Waals surface area contributed by atoms with Crippen molar-refractivity contribution in [1.82, 2.24) is 14.8 Å². The predicted octanol–water partition coefficient (Wildman–Crippen LogP) is 1.62. The summed E-state index contributed by atoms with van der Waals surface area (Å²) in [5, 5.41) is 7.73. The van der Waals surface area contributed by atoms with Crippen LogP contribution < -0.4 is 11.1 Å². The van der Waals surface area contributed by atoms with Gasteiger partial charge in [0.15, 0.2) is 0 Å². The number of anilines is 1. The van der Waals surface area contributed by atoms with Gasteiger partial charge in [-0.2, -0.15) is 5.10 Å². The van der Waals surface area contributed by atoms with Crippen molar-refractivity contribution in [2.24, 2.45) is 12.8 Å². The van der Waals surface area contributed by atoms with Crippen LogP contribution in [0.3, 0.4) is 0 Å². The predicted molar refractivity (Wildman–Crippen MR) is 80.0 cm³/mol. The van der Waals surface area contributed by atoms with Gasteiger partial charge in [0.25, 0.3) is 0 Å². The first-order chi connectivity index (χ1) is 9.11. The molecule has 2 aromatic heterocycles. The number of pyridine rings is 1. The second kappa shape index (κ2) is 5.79. The molecule has 0 spiro atoms. The van der Waals surface area contributed by atoms with Gasteiger partial charge in [-0.15, -0.1) is 0 Å². The van der Waals surface area contributed by atoms with E-state index in [2.05, 4.69) is 22.3 Å². The average molecular weight is 275 g/mol. The normalized spacial score (nSPS) is 10.4. The highest BCUT2D eigenvalue weighted by atomic mass is 32.1. The van der Waals surface area contributed by atoms with Gasteiger partial charge >= 0.3 is 0 Å². The fraction of sp³-hybridized carbons (Fsp3) is 0.308. The van der Waals surface area contributed by atoms with Crippen molar-refractivity contribution in [2.45, 2.75) is 19.9 Å². The summed E-state index contributed by atoms with van der Waals surface area (Å²) in [7, 11) is 1.92. The Morgan fingerprint density at radius 2 is 2.32 bits per heavy atom. The molecule has 0 saturated carbocycles. The second-order valence-corrected chi connectivity index (χ2v) is 4.71. The topological polar surface area (TPSA) is 68.8 Å². The van der Waals surface area contributed by atoms with E-state index in [9.17, 15) is 0 Å². The third-order valence-electron chi connectivity index (χ3n) is 2.88. The van der Waals surface area contributed by atoms with Crippen LogP contribution in [-0.2, 0) is 20.0 Å². The van der Waals surface area contributed by atoms with Crippen LogP contribution in [0.25, 0.3) is 0 Å². The summed E-state index contributed by atoms with van der Waals surface area (Å²) in [5.41, 5.74) is 9.61. The Morgan fingerprint density at radius 3 is 3.00 bits per heavy atom. The fourth-order valence-corrected chi connectivity index (χ4v) is 2.15. The molecule has 0 saturated heterocycles. The molecule has 0 unspecified atom stereocenters. The number of nitrogens with two attached hydrogens (primary N) is 1. The molecule has 0 bridgehead atoms. The van der Waals surface area contributed by atoms with Gasteiger partial charge in [-0.05, 0) is 12.5 Å². The number of aromatic nitrogens is 3. The highest BCUT2D eigenvalue weighted by molar-refractivity contribution is 7.80. The van der Waals surface area contributed by atoms with E-state index >= 15 is 0 Å². The van der Waals surface area contributed by atoms with Gasteiger partial charge in [-0.3, -0.25) is 9.67 Å². The lowest BCUT2D eigenvalue weighted by Gasteiger charge is -2.10. The van der Waals surface area contributed by atoms with Crippen LogP contribution in [0.5, 0.6) is 0 Å². The summed E-state index contributed by atoms with van der Waals surface area (Å²) in [4.78, 5) is 4.46. The number of aryl methyl sites for hydroxylation is 2. The summed E-state index contributed by atoms with van der Waals surface area (Å²) >= 11 is 5.03. The fourth-order valence-electron chi connectivity index (χ4n) is 1.97. The van der Waals surface area contributed by atoms with E-state index in [1.54, 1.807) is 12.4 Å². The number of rotatable bonds is 5. The van der Waals surface area contributed by atoms with E-state index in [-0.39, 0.29) is 0 Å². The first-order valence-corrected chi connectivity index (χ1v) is 6.51. The molecular weight excluding hydrogens is 258 g/mol. The second-order valence-electron chi connectivity index (χ2n) is 4.27. The quantitative estimate of drug-likeness (QED) is 0.812. The zero-order chi connectivity index (χ0) is 13.8. The number of hydrogen-bond acceptors (Lipinski definition) is 4. The van der Waals surface area contributed by atoms with Crippen LogP contribution in [0.15, 0.2) is 24.7 Å². The van der Waals surface area contributed by atoms with Crippen LogP contribution in [0.4, 0.5) is 5.69 Å². The van der Waals surface area contributed by atoms with Crippen LogP contribution >= 0.6 is 12.2 Å². The Bertz CT molecular complexity index is 590. The summed E-state index contributed by atoms with van der Waals surface area (Å²) < 4.78 is 1.83. The summed E-state index contributed by atoms with van der Waals surface area (Å²) in [6.45, 7) is 2.77. The summed E-state index contributed by atoms with van der Waals surface area (Å²) in [6, 6.07) is 1.81. The van der Waals surface area contributed by atoms with E-state index in [1.807, 2.05) is 24.0 Å². The Morgan fingerprint density at radius 1 is 1.53 bits per heavy atom. The van der Waals surface area contributed by atoms with E-state index in [4.69, 9.17) is 18.0 Å². The summed E-state index contributed by atoms with van der Waals surface area (Å²) in [5.74, 6) is 0. The van der Waals surface area contributed by atoms with Crippen molar-refractivity contribution in [1.29, 1.82) is 0 Å². The molecule has 2 rings (SSSR count). The Labute approximate surface area is 117 Å². The Kier molecular flexibility index (Phi) is 4.11. The third-order valence-corrected chi connectivity index (χ3v) is 3.10. The molecule has 3 N–H and O–H groups in total. The number of nitrogens with zero attached hydrogens (tertiary/aromatic N) is 3. The SMILES string of the molecule is CCc1nn(C)cc1CNc1cnccc1C(N)=S. The van der Waals surface area contributed by atoms with Crippen LogP contribution in [-0.4, -0.2) is 19.8 Å². The molecule has 100 valence electrons. The van der Waals surface area contributed by atoms with Crippen molar-refractivity contribution in [3.05, 3.63) is 41.5 Å². The monoisotopic (exact) mass is 275 g/mol. The van der Waals surface area contributed by atoms with Crippen LogP contribution in [0.1, 0.15) is 23.7 Å². The van der Waals surface area contributed by atoms with Gasteiger partial charge in [0.1, 0.15) is 4.99 Å². The zero-order valence-corrected chi connectivity index (χ0v) is 11.9. The maximum atomic E-state index is 5.69. The standard InChI is InChI=1S/C13H17N5S/c1-3-11-9(8-18(2)17-11)6-16-12-7-15-5-4-10(12)13(14)19/h4-5,7-8,16H,3,6H2,1-2H3,(H2,14,19). The lowest BCUT2D eigenvalue weighted by atomic mass is 10.2. The molecular formula is C13H17N5S. The minimum Gasteiger partial charge on any atom is -0.389 e. The molecule has 0 aromatic carbocycles. The van der Waals surface area contributed by atoms with Gasteiger partial charge < -0.3 is 11.1 Å². The highest BCUT2D eigenvalue weighted by Gasteiger charge is 2.08. The van der Waals surface area contributed by atoms with Crippen molar-refractivity contribution in [3.63, 3.8) is 0 Å². The lowest BCUT2D eigenvalue weighted by Crippen LogP contribution is -2.13. The van der Waals surface area contributed by atoms with Crippen molar-refractivity contribution in [3.8, 4) is 0 Å². The summed E-state index contributed by atoms with van der Waals surface area (Å²) in [6.07, 6.45) is 6.34. The molecule has 0 radical (unpaired) electrons.